The number of hydrogen-bond acceptors (Lipinski definition) is 4. The van der Waals surface area contributed by atoms with E-state index in [-0.39, 0.29) is 29.8 Å². The highest BCUT2D eigenvalue weighted by Gasteiger charge is 2.47. The fraction of sp³-hybridized carbons (Fsp3) is 0.481. The van der Waals surface area contributed by atoms with Crippen molar-refractivity contribution in [1.82, 2.24) is 15.5 Å². The topological polar surface area (TPSA) is 79.9 Å². The molecule has 2 N–H and O–H groups in total. The molecule has 1 saturated carbocycles. The molecule has 7 nitrogen and oxygen atoms in total. The number of rotatable bonds is 7. The zero-order chi connectivity index (χ0) is 26.9. The van der Waals surface area contributed by atoms with Crippen LogP contribution >= 0.6 is 0 Å². The molecule has 1 aliphatic carbocycles. The summed E-state index contributed by atoms with van der Waals surface area (Å²) in [4.78, 5) is 27.0. The van der Waals surface area contributed by atoms with Crippen molar-refractivity contribution >= 4 is 11.9 Å². The molecule has 1 spiro atoms. The Morgan fingerprint density at radius 3 is 2.53 bits per heavy atom. The third-order valence-corrected chi connectivity index (χ3v) is 7.57. The number of piperidine rings is 1. The van der Waals surface area contributed by atoms with Crippen molar-refractivity contribution in [2.45, 2.75) is 49.9 Å². The Kier molecular flexibility index (Phi) is 7.11. The number of hydrogen-bond donors (Lipinski definition) is 2. The minimum atomic E-state index is -4.86. The molecule has 3 aliphatic rings. The van der Waals surface area contributed by atoms with E-state index in [1.54, 1.807) is 17.0 Å². The van der Waals surface area contributed by atoms with Gasteiger partial charge in [0.05, 0.1) is 18.6 Å². The maximum absolute atomic E-state index is 14.1. The molecule has 0 bridgehead atoms. The van der Waals surface area contributed by atoms with Crippen LogP contribution in [0.5, 0.6) is 11.5 Å². The first-order chi connectivity index (χ1) is 18.1. The standard InChI is InChI=1S/C27H29F4N3O4/c28-19-7-8-20(23(14-19)37-16-17-5-6-17)21-15-32-25(36)33-26(21)9-11-34(12-10-26)24(35)13-18-3-1-2-4-22(18)38-27(29,30)31/h1-4,7-8,14,17,21H,5-6,9-13,15-16H2,(H2,32,33,36)/t21-/m1/s1. The maximum atomic E-state index is 14.1. The molecule has 3 fully saturated rings. The van der Waals surface area contributed by atoms with Gasteiger partial charge in [0.1, 0.15) is 17.3 Å². The molecule has 2 aromatic carbocycles. The highest BCUT2D eigenvalue weighted by molar-refractivity contribution is 5.80. The van der Waals surface area contributed by atoms with Gasteiger partial charge in [-0.1, -0.05) is 24.3 Å². The van der Waals surface area contributed by atoms with E-state index in [1.165, 1.54) is 30.3 Å². The third kappa shape index (κ3) is 5.97. The van der Waals surface area contributed by atoms with Gasteiger partial charge in [0.15, 0.2) is 0 Å². The summed E-state index contributed by atoms with van der Waals surface area (Å²) in [6.45, 7) is 1.44. The Hall–Kier alpha value is -3.50. The van der Waals surface area contributed by atoms with Crippen molar-refractivity contribution in [3.63, 3.8) is 0 Å². The van der Waals surface area contributed by atoms with Gasteiger partial charge >= 0.3 is 12.4 Å². The zero-order valence-electron chi connectivity index (χ0n) is 20.7. The monoisotopic (exact) mass is 535 g/mol. The summed E-state index contributed by atoms with van der Waals surface area (Å²) in [6, 6.07) is 9.71. The highest BCUT2D eigenvalue weighted by atomic mass is 19.4. The van der Waals surface area contributed by atoms with Gasteiger partial charge in [0, 0.05) is 42.7 Å². The Bertz CT molecular complexity index is 1190. The third-order valence-electron chi connectivity index (χ3n) is 7.57. The number of benzene rings is 2. The number of carbonyl (C=O) groups is 2. The average molecular weight is 536 g/mol. The van der Waals surface area contributed by atoms with Crippen LogP contribution in [0.2, 0.25) is 0 Å². The fourth-order valence-electron chi connectivity index (χ4n) is 5.35. The lowest BCUT2D eigenvalue weighted by molar-refractivity contribution is -0.274. The first-order valence-corrected chi connectivity index (χ1v) is 12.7. The van der Waals surface area contributed by atoms with Crippen LogP contribution in [0.3, 0.4) is 0 Å². The molecule has 38 heavy (non-hydrogen) atoms. The smallest absolute Gasteiger partial charge is 0.493 e. The number of nitrogens with one attached hydrogen (secondary N) is 2. The first-order valence-electron chi connectivity index (χ1n) is 12.7. The summed E-state index contributed by atoms with van der Waals surface area (Å²) in [5.41, 5.74) is 0.246. The van der Waals surface area contributed by atoms with Gasteiger partial charge in [-0.15, -0.1) is 13.2 Å². The number of halogens is 4. The largest absolute Gasteiger partial charge is 0.573 e. The molecular formula is C27H29F4N3O4. The second-order valence-corrected chi connectivity index (χ2v) is 10.2. The van der Waals surface area contributed by atoms with Crippen molar-refractivity contribution in [3.8, 4) is 11.5 Å². The number of carbonyl (C=O) groups excluding carboxylic acids is 2. The average Bonchev–Trinajstić information content (AvgIpc) is 3.69. The minimum absolute atomic E-state index is 0.145. The molecule has 2 aromatic rings. The van der Waals surface area contributed by atoms with Crippen molar-refractivity contribution in [3.05, 3.63) is 59.4 Å². The lowest BCUT2D eigenvalue weighted by atomic mass is 9.71. The van der Waals surface area contributed by atoms with E-state index in [4.69, 9.17) is 4.74 Å². The van der Waals surface area contributed by atoms with Crippen LogP contribution in [0.25, 0.3) is 0 Å². The number of urea groups is 1. The van der Waals surface area contributed by atoms with Gasteiger partial charge in [0.25, 0.3) is 0 Å². The predicted molar refractivity (Wildman–Crippen MR) is 129 cm³/mol. The van der Waals surface area contributed by atoms with E-state index in [0.29, 0.717) is 50.8 Å². The first kappa shape index (κ1) is 26.1. The van der Waals surface area contributed by atoms with E-state index < -0.39 is 23.5 Å². The molecule has 0 aromatic heterocycles. The molecule has 0 unspecified atom stereocenters. The number of para-hydroxylation sites is 1. The second-order valence-electron chi connectivity index (χ2n) is 10.2. The van der Waals surface area contributed by atoms with Gasteiger partial charge in [-0.3, -0.25) is 4.79 Å². The predicted octanol–water partition coefficient (Wildman–Crippen LogP) is 4.51. The Balaban J connectivity index is 1.30. The molecule has 11 heteroatoms. The van der Waals surface area contributed by atoms with Crippen LogP contribution < -0.4 is 20.1 Å². The SMILES string of the molecule is O=C1NC[C@H](c2ccc(F)cc2OCC2CC2)C2(CCN(C(=O)Cc3ccccc3OC(F)(F)F)CC2)N1. The molecule has 3 amide bonds. The number of amides is 3. The van der Waals surface area contributed by atoms with Gasteiger partial charge in [-0.05, 0) is 43.7 Å². The van der Waals surface area contributed by atoms with E-state index in [1.807, 2.05) is 0 Å². The molecule has 5 rings (SSSR count). The molecule has 2 saturated heterocycles. The molecule has 204 valence electrons. The summed E-state index contributed by atoms with van der Waals surface area (Å²) in [5, 5.41) is 5.89. The van der Waals surface area contributed by atoms with E-state index >= 15 is 0 Å². The summed E-state index contributed by atoms with van der Waals surface area (Å²) in [6.07, 6.45) is -2.07. The molecule has 1 atom stereocenters. The van der Waals surface area contributed by atoms with Crippen LogP contribution in [0.4, 0.5) is 22.4 Å². The number of likely N-dealkylation sites (tertiary alicyclic amines) is 1. The fourth-order valence-corrected chi connectivity index (χ4v) is 5.35. The lowest BCUT2D eigenvalue weighted by Gasteiger charge is -2.49. The van der Waals surface area contributed by atoms with Crippen LogP contribution in [0.1, 0.15) is 42.7 Å². The molecule has 2 aliphatic heterocycles. The maximum Gasteiger partial charge on any atom is 0.573 e. The van der Waals surface area contributed by atoms with Crippen molar-refractivity contribution in [1.29, 1.82) is 0 Å². The van der Waals surface area contributed by atoms with Gasteiger partial charge in [-0.25, -0.2) is 9.18 Å². The minimum Gasteiger partial charge on any atom is -0.493 e. The van der Waals surface area contributed by atoms with Crippen LogP contribution in [0, 0.1) is 11.7 Å². The number of nitrogens with zero attached hydrogens (tertiary/aromatic N) is 1. The summed E-state index contributed by atoms with van der Waals surface area (Å²) in [5.74, 6) is -0.429. The zero-order valence-corrected chi connectivity index (χ0v) is 20.7. The molecular weight excluding hydrogens is 506 g/mol. The Morgan fingerprint density at radius 1 is 1.08 bits per heavy atom. The lowest BCUT2D eigenvalue weighted by Crippen LogP contribution is -2.66. The summed E-state index contributed by atoms with van der Waals surface area (Å²) in [7, 11) is 0. The quantitative estimate of drug-likeness (QED) is 0.512. The van der Waals surface area contributed by atoms with Crippen LogP contribution in [-0.2, 0) is 11.2 Å². The second kappa shape index (κ2) is 10.3. The van der Waals surface area contributed by atoms with Crippen LogP contribution in [0.15, 0.2) is 42.5 Å². The van der Waals surface area contributed by atoms with E-state index in [9.17, 15) is 27.2 Å². The molecule has 0 radical (unpaired) electrons. The van der Waals surface area contributed by atoms with E-state index in [2.05, 4.69) is 15.4 Å². The Morgan fingerprint density at radius 2 is 1.82 bits per heavy atom. The number of ether oxygens (including phenoxy) is 2. The van der Waals surface area contributed by atoms with Gasteiger partial charge < -0.3 is 25.0 Å². The van der Waals surface area contributed by atoms with E-state index in [0.717, 1.165) is 18.4 Å². The highest BCUT2D eigenvalue weighted by Crippen LogP contribution is 2.42. The van der Waals surface area contributed by atoms with Gasteiger partial charge in [-0.2, -0.15) is 0 Å². The normalized spacial score (nSPS) is 21.0. The van der Waals surface area contributed by atoms with Gasteiger partial charge in [0.2, 0.25) is 5.91 Å². The molecule has 2 heterocycles. The summed E-state index contributed by atoms with van der Waals surface area (Å²) >= 11 is 0. The number of alkyl halides is 3. The Labute approximate surface area is 217 Å². The van der Waals surface area contributed by atoms with Crippen molar-refractivity contribution in [2.24, 2.45) is 5.92 Å². The van der Waals surface area contributed by atoms with Crippen molar-refractivity contribution in [2.75, 3.05) is 26.2 Å². The van der Waals surface area contributed by atoms with Crippen LogP contribution in [-0.4, -0.2) is 55.0 Å². The van der Waals surface area contributed by atoms with Crippen molar-refractivity contribution < 1.29 is 36.6 Å². The summed E-state index contributed by atoms with van der Waals surface area (Å²) < 4.78 is 62.5.